The molecule has 180 valence electrons. The Bertz CT molecular complexity index is 1250. The zero-order valence-corrected chi connectivity index (χ0v) is 19.7. The highest BCUT2D eigenvalue weighted by molar-refractivity contribution is 8.00. The summed E-state index contributed by atoms with van der Waals surface area (Å²) in [6.07, 6.45) is 1.31. The summed E-state index contributed by atoms with van der Waals surface area (Å²) < 4.78 is 22.3. The Hall–Kier alpha value is -3.92. The van der Waals surface area contributed by atoms with E-state index in [1.807, 2.05) is 24.3 Å². The highest BCUT2D eigenvalue weighted by Gasteiger charge is 2.25. The third-order valence-corrected chi connectivity index (χ3v) is 6.39. The van der Waals surface area contributed by atoms with E-state index in [1.165, 1.54) is 11.8 Å². The normalized spacial score (nSPS) is 15.4. The molecule has 35 heavy (non-hydrogen) atoms. The van der Waals surface area contributed by atoms with Crippen LogP contribution in [0, 0.1) is 0 Å². The first kappa shape index (κ1) is 22.9. The topological polar surface area (TPSA) is 99.2 Å². The van der Waals surface area contributed by atoms with E-state index in [1.54, 1.807) is 48.5 Å². The van der Waals surface area contributed by atoms with Crippen LogP contribution in [0.5, 0.6) is 23.0 Å². The SMILES string of the molecule is CN(C[C@@H]1COc2ccccc2O1)C(=O)c1cccnc1SCC(=O)Nc1ccc2c(c1)OCO2. The molecule has 5 rings (SSSR count). The Balaban J connectivity index is 1.18. The lowest BCUT2D eigenvalue weighted by molar-refractivity contribution is -0.113. The van der Waals surface area contributed by atoms with Crippen molar-refractivity contribution in [1.29, 1.82) is 0 Å². The lowest BCUT2D eigenvalue weighted by atomic mass is 10.2. The first-order valence-corrected chi connectivity index (χ1v) is 12.0. The number of nitrogens with zero attached hydrogens (tertiary/aromatic N) is 2. The average molecular weight is 494 g/mol. The van der Waals surface area contributed by atoms with Gasteiger partial charge in [-0.25, -0.2) is 4.98 Å². The van der Waals surface area contributed by atoms with Crippen LogP contribution in [0.3, 0.4) is 0 Å². The van der Waals surface area contributed by atoms with Crippen LogP contribution in [0.15, 0.2) is 65.8 Å². The Morgan fingerprint density at radius 2 is 1.83 bits per heavy atom. The molecule has 2 amide bonds. The molecular weight excluding hydrogens is 470 g/mol. The molecule has 9 nitrogen and oxygen atoms in total. The summed E-state index contributed by atoms with van der Waals surface area (Å²) in [4.78, 5) is 31.6. The molecule has 1 N–H and O–H groups in total. The highest BCUT2D eigenvalue weighted by Crippen LogP contribution is 2.34. The number of para-hydroxylation sites is 2. The maximum Gasteiger partial charge on any atom is 0.256 e. The number of ether oxygens (including phenoxy) is 4. The highest BCUT2D eigenvalue weighted by atomic mass is 32.2. The van der Waals surface area contributed by atoms with E-state index >= 15 is 0 Å². The van der Waals surface area contributed by atoms with E-state index < -0.39 is 0 Å². The van der Waals surface area contributed by atoms with Gasteiger partial charge >= 0.3 is 0 Å². The maximum absolute atomic E-state index is 13.2. The molecule has 2 aliphatic rings. The Kier molecular flexibility index (Phi) is 6.62. The number of aromatic nitrogens is 1. The zero-order valence-electron chi connectivity index (χ0n) is 18.9. The van der Waals surface area contributed by atoms with Crippen molar-refractivity contribution in [2.24, 2.45) is 0 Å². The van der Waals surface area contributed by atoms with Gasteiger partial charge in [-0.3, -0.25) is 9.59 Å². The summed E-state index contributed by atoms with van der Waals surface area (Å²) in [6.45, 7) is 0.862. The number of nitrogens with one attached hydrogen (secondary N) is 1. The largest absolute Gasteiger partial charge is 0.486 e. The van der Waals surface area contributed by atoms with Gasteiger partial charge in [-0.1, -0.05) is 23.9 Å². The van der Waals surface area contributed by atoms with Crippen molar-refractivity contribution in [3.63, 3.8) is 0 Å². The summed E-state index contributed by atoms with van der Waals surface area (Å²) in [5.41, 5.74) is 1.03. The van der Waals surface area contributed by atoms with Crippen molar-refractivity contribution < 1.29 is 28.5 Å². The van der Waals surface area contributed by atoms with Crippen molar-refractivity contribution in [3.05, 3.63) is 66.4 Å². The van der Waals surface area contributed by atoms with E-state index in [0.717, 1.165) is 0 Å². The third-order valence-electron chi connectivity index (χ3n) is 5.39. The molecule has 10 heteroatoms. The summed E-state index contributed by atoms with van der Waals surface area (Å²) in [7, 11) is 1.71. The fourth-order valence-electron chi connectivity index (χ4n) is 3.72. The molecule has 0 fully saturated rings. The second-order valence-electron chi connectivity index (χ2n) is 7.94. The molecule has 2 aliphatic heterocycles. The molecule has 0 saturated heterocycles. The van der Waals surface area contributed by atoms with E-state index in [2.05, 4.69) is 10.3 Å². The van der Waals surface area contributed by atoms with E-state index in [0.29, 0.717) is 52.4 Å². The quantitative estimate of drug-likeness (QED) is 0.500. The third kappa shape index (κ3) is 5.27. The molecule has 1 atom stereocenters. The Labute approximate surface area is 206 Å². The van der Waals surface area contributed by atoms with Gasteiger partial charge in [0.15, 0.2) is 29.1 Å². The number of pyridine rings is 1. The number of carbonyl (C=O) groups is 2. The average Bonchev–Trinajstić information content (AvgIpc) is 3.35. The van der Waals surface area contributed by atoms with Gasteiger partial charge in [0.25, 0.3) is 5.91 Å². The number of rotatable bonds is 7. The molecular formula is C25H23N3O6S. The molecule has 3 aromatic rings. The van der Waals surface area contributed by atoms with Crippen LogP contribution >= 0.6 is 11.8 Å². The minimum absolute atomic E-state index is 0.0891. The maximum atomic E-state index is 13.2. The van der Waals surface area contributed by atoms with Crippen LogP contribution in [0.2, 0.25) is 0 Å². The molecule has 3 heterocycles. The summed E-state index contributed by atoms with van der Waals surface area (Å²) >= 11 is 1.20. The summed E-state index contributed by atoms with van der Waals surface area (Å²) in [5, 5.41) is 3.31. The van der Waals surface area contributed by atoms with Crippen LogP contribution in [0.1, 0.15) is 10.4 Å². The predicted molar refractivity (Wildman–Crippen MR) is 129 cm³/mol. The number of amides is 2. The van der Waals surface area contributed by atoms with E-state index in [9.17, 15) is 9.59 Å². The van der Waals surface area contributed by atoms with Crippen LogP contribution in [-0.4, -0.2) is 60.5 Å². The second kappa shape index (κ2) is 10.1. The molecule has 0 aliphatic carbocycles. The second-order valence-corrected chi connectivity index (χ2v) is 8.91. The van der Waals surface area contributed by atoms with Crippen molar-refractivity contribution in [2.75, 3.05) is 38.1 Å². The van der Waals surface area contributed by atoms with E-state index in [4.69, 9.17) is 18.9 Å². The molecule has 0 bridgehead atoms. The standard InChI is InChI=1S/C25H23N3O6S/c1-28(12-17-13-31-19-6-2-3-7-21(19)34-17)25(30)18-5-4-10-26-24(18)35-14-23(29)27-16-8-9-20-22(11-16)33-15-32-20/h2-11,17H,12-15H2,1H3,(H,27,29)/t17-/m1/s1. The minimum atomic E-state index is -0.292. The molecule has 1 aromatic heterocycles. The van der Waals surface area contributed by atoms with Crippen LogP contribution < -0.4 is 24.3 Å². The van der Waals surface area contributed by atoms with Gasteiger partial charge in [-0.05, 0) is 36.4 Å². The zero-order chi connectivity index (χ0) is 24.2. The number of benzene rings is 2. The van der Waals surface area contributed by atoms with Crippen molar-refractivity contribution >= 4 is 29.3 Å². The van der Waals surface area contributed by atoms with Crippen LogP contribution in [0.25, 0.3) is 0 Å². The van der Waals surface area contributed by atoms with Gasteiger partial charge < -0.3 is 29.2 Å². The van der Waals surface area contributed by atoms with Gasteiger partial charge in [-0.2, -0.15) is 0 Å². The monoisotopic (exact) mass is 493 g/mol. The molecule has 2 aromatic carbocycles. The van der Waals surface area contributed by atoms with Gasteiger partial charge in [0.05, 0.1) is 17.9 Å². The lowest BCUT2D eigenvalue weighted by Gasteiger charge is -2.29. The first-order chi connectivity index (χ1) is 17.1. The lowest BCUT2D eigenvalue weighted by Crippen LogP contribution is -2.42. The van der Waals surface area contributed by atoms with Gasteiger partial charge in [0.2, 0.25) is 12.7 Å². The molecule has 0 radical (unpaired) electrons. The predicted octanol–water partition coefficient (Wildman–Crippen LogP) is 3.45. The number of hydrogen-bond acceptors (Lipinski definition) is 8. The molecule has 0 spiro atoms. The molecule has 0 saturated carbocycles. The minimum Gasteiger partial charge on any atom is -0.486 e. The molecule has 0 unspecified atom stereocenters. The Morgan fingerprint density at radius 3 is 2.71 bits per heavy atom. The number of anilines is 1. The van der Waals surface area contributed by atoms with Crippen molar-refractivity contribution in [3.8, 4) is 23.0 Å². The van der Waals surface area contributed by atoms with Crippen LogP contribution in [-0.2, 0) is 4.79 Å². The number of hydrogen-bond donors (Lipinski definition) is 1. The number of fused-ring (bicyclic) bond motifs is 2. The van der Waals surface area contributed by atoms with Crippen LogP contribution in [0.4, 0.5) is 5.69 Å². The van der Waals surface area contributed by atoms with Crippen molar-refractivity contribution in [2.45, 2.75) is 11.1 Å². The smallest absolute Gasteiger partial charge is 0.256 e. The van der Waals surface area contributed by atoms with Gasteiger partial charge in [-0.15, -0.1) is 0 Å². The Morgan fingerprint density at radius 1 is 1.03 bits per heavy atom. The fourth-order valence-corrected chi connectivity index (χ4v) is 4.51. The first-order valence-electron chi connectivity index (χ1n) is 11.0. The summed E-state index contributed by atoms with van der Waals surface area (Å²) in [6, 6.07) is 16.1. The number of thioether (sulfide) groups is 1. The number of likely N-dealkylation sites (N-methyl/N-ethyl adjacent to an activating group) is 1. The van der Waals surface area contributed by atoms with Gasteiger partial charge in [0, 0.05) is 25.0 Å². The van der Waals surface area contributed by atoms with Gasteiger partial charge in [0.1, 0.15) is 11.6 Å². The number of carbonyl (C=O) groups excluding carboxylic acids is 2. The fraction of sp³-hybridized carbons (Fsp3) is 0.240. The summed E-state index contributed by atoms with van der Waals surface area (Å²) in [5.74, 6) is 2.25. The van der Waals surface area contributed by atoms with Crippen molar-refractivity contribution in [1.82, 2.24) is 9.88 Å². The van der Waals surface area contributed by atoms with E-state index in [-0.39, 0.29) is 30.5 Å².